The van der Waals surface area contributed by atoms with E-state index in [-0.39, 0.29) is 18.4 Å². The van der Waals surface area contributed by atoms with E-state index >= 15 is 0 Å². The topological polar surface area (TPSA) is 76.3 Å². The SMILES string of the molecule is NC(=O)C1CC(=O)N(C(c2ccccc2)c2ccccn2)C1. The molecule has 1 saturated heterocycles. The first-order valence-electron chi connectivity index (χ1n) is 7.21. The molecule has 3 rings (SSSR count). The molecule has 2 atom stereocenters. The van der Waals surface area contributed by atoms with Gasteiger partial charge in [0.2, 0.25) is 11.8 Å². The van der Waals surface area contributed by atoms with Crippen LogP contribution >= 0.6 is 0 Å². The number of pyridine rings is 1. The van der Waals surface area contributed by atoms with Gasteiger partial charge in [0, 0.05) is 19.2 Å². The molecule has 0 radical (unpaired) electrons. The Labute approximate surface area is 128 Å². The van der Waals surface area contributed by atoms with E-state index in [1.807, 2.05) is 48.5 Å². The minimum absolute atomic E-state index is 0.0664. The van der Waals surface area contributed by atoms with E-state index in [1.165, 1.54) is 0 Å². The van der Waals surface area contributed by atoms with Gasteiger partial charge in [-0.1, -0.05) is 36.4 Å². The fourth-order valence-electron chi connectivity index (χ4n) is 2.86. The van der Waals surface area contributed by atoms with E-state index in [0.717, 1.165) is 11.3 Å². The van der Waals surface area contributed by atoms with Gasteiger partial charge in [-0.05, 0) is 17.7 Å². The zero-order valence-electron chi connectivity index (χ0n) is 12.1. The van der Waals surface area contributed by atoms with Gasteiger partial charge in [0.05, 0.1) is 17.7 Å². The second kappa shape index (κ2) is 5.97. The Morgan fingerprint density at radius 2 is 1.91 bits per heavy atom. The average Bonchev–Trinajstić information content (AvgIpc) is 2.92. The molecule has 112 valence electrons. The summed E-state index contributed by atoms with van der Waals surface area (Å²) in [6, 6.07) is 15.0. The molecular weight excluding hydrogens is 278 g/mol. The molecule has 1 aromatic carbocycles. The van der Waals surface area contributed by atoms with Crippen LogP contribution in [0.4, 0.5) is 0 Å². The number of rotatable bonds is 4. The smallest absolute Gasteiger partial charge is 0.224 e. The fourth-order valence-corrected chi connectivity index (χ4v) is 2.86. The number of hydrogen-bond acceptors (Lipinski definition) is 3. The number of likely N-dealkylation sites (tertiary alicyclic amines) is 1. The van der Waals surface area contributed by atoms with Gasteiger partial charge < -0.3 is 10.6 Å². The molecule has 0 saturated carbocycles. The van der Waals surface area contributed by atoms with Crippen LogP contribution in [-0.4, -0.2) is 28.2 Å². The molecule has 5 nitrogen and oxygen atoms in total. The zero-order valence-corrected chi connectivity index (χ0v) is 12.1. The maximum atomic E-state index is 12.4. The Bertz CT molecular complexity index is 633. The number of carbonyl (C=O) groups excluding carboxylic acids is 2. The molecule has 22 heavy (non-hydrogen) atoms. The highest BCUT2D eigenvalue weighted by Crippen LogP contribution is 2.32. The number of carbonyl (C=O) groups is 2. The second-order valence-corrected chi connectivity index (χ2v) is 5.42. The van der Waals surface area contributed by atoms with Crippen molar-refractivity contribution in [3.8, 4) is 0 Å². The summed E-state index contributed by atoms with van der Waals surface area (Å²) in [6.07, 6.45) is 1.88. The van der Waals surface area contributed by atoms with Gasteiger partial charge in [0.1, 0.15) is 0 Å². The normalized spacial score (nSPS) is 19.2. The van der Waals surface area contributed by atoms with Crippen molar-refractivity contribution in [2.24, 2.45) is 11.7 Å². The maximum absolute atomic E-state index is 12.4. The summed E-state index contributed by atoms with van der Waals surface area (Å²) in [5, 5.41) is 0. The summed E-state index contributed by atoms with van der Waals surface area (Å²) in [4.78, 5) is 29.9. The van der Waals surface area contributed by atoms with Crippen molar-refractivity contribution >= 4 is 11.8 Å². The number of hydrogen-bond donors (Lipinski definition) is 1. The lowest BCUT2D eigenvalue weighted by molar-refractivity contribution is -0.129. The van der Waals surface area contributed by atoms with Crippen LogP contribution in [0.5, 0.6) is 0 Å². The molecule has 0 spiro atoms. The molecule has 1 aromatic heterocycles. The summed E-state index contributed by atoms with van der Waals surface area (Å²) in [7, 11) is 0. The number of nitrogens with two attached hydrogens (primary N) is 1. The van der Waals surface area contributed by atoms with Crippen LogP contribution in [0.2, 0.25) is 0 Å². The molecule has 1 fully saturated rings. The van der Waals surface area contributed by atoms with Crippen LogP contribution in [0, 0.1) is 5.92 Å². The summed E-state index contributed by atoms with van der Waals surface area (Å²) in [6.45, 7) is 0.338. The monoisotopic (exact) mass is 295 g/mol. The number of nitrogens with zero attached hydrogens (tertiary/aromatic N) is 2. The lowest BCUT2D eigenvalue weighted by atomic mass is 10.0. The van der Waals surface area contributed by atoms with Crippen molar-refractivity contribution in [2.75, 3.05) is 6.54 Å². The Hall–Kier alpha value is -2.69. The van der Waals surface area contributed by atoms with Gasteiger partial charge in [-0.3, -0.25) is 14.6 Å². The minimum Gasteiger partial charge on any atom is -0.369 e. The van der Waals surface area contributed by atoms with E-state index in [0.29, 0.717) is 6.54 Å². The van der Waals surface area contributed by atoms with Gasteiger partial charge >= 0.3 is 0 Å². The molecule has 2 unspecified atom stereocenters. The maximum Gasteiger partial charge on any atom is 0.224 e. The first kappa shape index (κ1) is 14.3. The Kier molecular flexibility index (Phi) is 3.87. The van der Waals surface area contributed by atoms with E-state index in [4.69, 9.17) is 5.73 Å². The largest absolute Gasteiger partial charge is 0.369 e. The molecule has 5 heteroatoms. The third-order valence-electron chi connectivity index (χ3n) is 3.96. The number of aromatic nitrogens is 1. The molecule has 2 heterocycles. The second-order valence-electron chi connectivity index (χ2n) is 5.42. The van der Waals surface area contributed by atoms with Crippen molar-refractivity contribution in [1.82, 2.24) is 9.88 Å². The molecule has 1 aliphatic heterocycles. The molecule has 0 aliphatic carbocycles. The standard InChI is InChI=1S/C17H17N3O2/c18-17(22)13-10-15(21)20(11-13)16(12-6-2-1-3-7-12)14-8-4-5-9-19-14/h1-9,13,16H,10-11H2,(H2,18,22). The summed E-state index contributed by atoms with van der Waals surface area (Å²) in [5.74, 6) is -0.922. The highest BCUT2D eigenvalue weighted by molar-refractivity contribution is 5.88. The van der Waals surface area contributed by atoms with Crippen LogP contribution in [0.3, 0.4) is 0 Å². The lowest BCUT2D eigenvalue weighted by Crippen LogP contribution is -2.33. The molecule has 2 aromatic rings. The van der Waals surface area contributed by atoms with Crippen LogP contribution in [0.25, 0.3) is 0 Å². The Morgan fingerprint density at radius 3 is 2.50 bits per heavy atom. The minimum atomic E-state index is -0.428. The first-order chi connectivity index (χ1) is 10.7. The van der Waals surface area contributed by atoms with Crippen LogP contribution < -0.4 is 5.73 Å². The van der Waals surface area contributed by atoms with E-state index in [2.05, 4.69) is 4.98 Å². The highest BCUT2D eigenvalue weighted by atomic mass is 16.2. The van der Waals surface area contributed by atoms with Crippen LogP contribution in [-0.2, 0) is 9.59 Å². The lowest BCUT2D eigenvalue weighted by Gasteiger charge is -2.28. The molecular formula is C17H17N3O2. The van der Waals surface area contributed by atoms with Gasteiger partial charge in [0.25, 0.3) is 0 Å². The molecule has 2 N–H and O–H groups in total. The summed E-state index contributed by atoms with van der Waals surface area (Å²) in [5.41, 5.74) is 7.12. The third-order valence-corrected chi connectivity index (χ3v) is 3.96. The number of primary amides is 1. The predicted molar refractivity (Wildman–Crippen MR) is 81.5 cm³/mol. The highest BCUT2D eigenvalue weighted by Gasteiger charge is 2.38. The van der Waals surface area contributed by atoms with Crippen LogP contribution in [0.1, 0.15) is 23.7 Å². The fraction of sp³-hybridized carbons (Fsp3) is 0.235. The van der Waals surface area contributed by atoms with E-state index < -0.39 is 11.8 Å². The molecule has 0 bridgehead atoms. The summed E-state index contributed by atoms with van der Waals surface area (Å²) >= 11 is 0. The van der Waals surface area contributed by atoms with Crippen molar-refractivity contribution in [3.63, 3.8) is 0 Å². The van der Waals surface area contributed by atoms with Crippen molar-refractivity contribution in [1.29, 1.82) is 0 Å². The molecule has 1 aliphatic rings. The van der Waals surface area contributed by atoms with Gasteiger partial charge in [-0.25, -0.2) is 0 Å². The Morgan fingerprint density at radius 1 is 1.18 bits per heavy atom. The van der Waals surface area contributed by atoms with Crippen LogP contribution in [0.15, 0.2) is 54.7 Å². The van der Waals surface area contributed by atoms with E-state index in [1.54, 1.807) is 11.1 Å². The van der Waals surface area contributed by atoms with E-state index in [9.17, 15) is 9.59 Å². The Balaban J connectivity index is 2.00. The van der Waals surface area contributed by atoms with Gasteiger partial charge in [-0.2, -0.15) is 0 Å². The van der Waals surface area contributed by atoms with Gasteiger partial charge in [0.15, 0.2) is 0 Å². The average molecular weight is 295 g/mol. The van der Waals surface area contributed by atoms with Crippen molar-refractivity contribution < 1.29 is 9.59 Å². The first-order valence-corrected chi connectivity index (χ1v) is 7.21. The van der Waals surface area contributed by atoms with Gasteiger partial charge in [-0.15, -0.1) is 0 Å². The molecule has 2 amide bonds. The quantitative estimate of drug-likeness (QED) is 0.928. The number of benzene rings is 1. The zero-order chi connectivity index (χ0) is 15.5. The predicted octanol–water partition coefficient (Wildman–Crippen LogP) is 1.50. The van der Waals surface area contributed by atoms with Crippen molar-refractivity contribution in [2.45, 2.75) is 12.5 Å². The van der Waals surface area contributed by atoms with Crippen molar-refractivity contribution in [3.05, 3.63) is 66.0 Å². The third kappa shape index (κ3) is 2.70. The summed E-state index contributed by atoms with van der Waals surface area (Å²) < 4.78 is 0. The number of amides is 2.